The van der Waals surface area contributed by atoms with E-state index in [-0.39, 0.29) is 13.2 Å². The van der Waals surface area contributed by atoms with Crippen molar-refractivity contribution in [1.82, 2.24) is 4.90 Å². The molecule has 0 spiro atoms. The minimum Gasteiger partial charge on any atom is -0.480 e. The first kappa shape index (κ1) is 17.0. The van der Waals surface area contributed by atoms with E-state index in [1.165, 1.54) is 9.80 Å². The average molecular weight is 294 g/mol. The van der Waals surface area contributed by atoms with Crippen LogP contribution >= 0.6 is 0 Å². The highest BCUT2D eigenvalue weighted by molar-refractivity contribution is 5.96. The molecule has 0 saturated heterocycles. The van der Waals surface area contributed by atoms with Crippen molar-refractivity contribution in [3.8, 4) is 0 Å². The molecule has 6 nitrogen and oxygen atoms in total. The molecule has 0 fully saturated rings. The third-order valence-corrected chi connectivity index (χ3v) is 3.01. The third kappa shape index (κ3) is 5.43. The molecule has 1 aromatic rings. The zero-order chi connectivity index (χ0) is 15.7. The van der Waals surface area contributed by atoms with Crippen LogP contribution in [-0.2, 0) is 4.79 Å². The lowest BCUT2D eigenvalue weighted by molar-refractivity contribution is -0.135. The Hall–Kier alpha value is -2.08. The maximum atomic E-state index is 12.6. The van der Waals surface area contributed by atoms with Crippen molar-refractivity contribution in [3.63, 3.8) is 0 Å². The molecule has 0 aliphatic heterocycles. The first-order valence-corrected chi connectivity index (χ1v) is 7.04. The predicted molar refractivity (Wildman–Crippen MR) is 80.4 cm³/mol. The first-order valence-electron chi connectivity index (χ1n) is 7.04. The molecule has 1 aromatic carbocycles. The van der Waals surface area contributed by atoms with Crippen molar-refractivity contribution < 1.29 is 19.8 Å². The van der Waals surface area contributed by atoms with Crippen molar-refractivity contribution in [2.45, 2.75) is 19.8 Å². The molecule has 0 saturated carbocycles. The molecule has 0 heterocycles. The van der Waals surface area contributed by atoms with Gasteiger partial charge in [0.2, 0.25) is 0 Å². The van der Waals surface area contributed by atoms with Gasteiger partial charge in [-0.1, -0.05) is 31.5 Å². The number of carbonyl (C=O) groups excluding carboxylic acids is 1. The van der Waals surface area contributed by atoms with Crippen LogP contribution in [0.25, 0.3) is 0 Å². The number of carbonyl (C=O) groups is 2. The summed E-state index contributed by atoms with van der Waals surface area (Å²) in [6.45, 7) is 2.15. The van der Waals surface area contributed by atoms with Crippen LogP contribution in [-0.4, -0.2) is 53.4 Å². The largest absolute Gasteiger partial charge is 0.480 e. The molecule has 0 unspecified atom stereocenters. The number of nitrogens with zero attached hydrogens (tertiary/aromatic N) is 2. The van der Waals surface area contributed by atoms with Crippen molar-refractivity contribution >= 4 is 17.7 Å². The predicted octanol–water partition coefficient (Wildman–Crippen LogP) is 1.79. The number of hydrogen-bond acceptors (Lipinski definition) is 3. The number of carboxylic acid groups (broad SMARTS) is 1. The van der Waals surface area contributed by atoms with E-state index in [1.54, 1.807) is 30.3 Å². The SMILES string of the molecule is CCCCN(CCO)C(=O)N(CC(=O)O)c1ccccc1. The Bertz CT molecular complexity index is 450. The number of aliphatic hydroxyl groups is 1. The molecular weight excluding hydrogens is 272 g/mol. The Kier molecular flexibility index (Phi) is 7.25. The number of rotatable bonds is 8. The second kappa shape index (κ2) is 8.97. The maximum absolute atomic E-state index is 12.6. The van der Waals surface area contributed by atoms with Gasteiger partial charge in [-0.05, 0) is 18.6 Å². The molecule has 0 aliphatic carbocycles. The summed E-state index contributed by atoms with van der Waals surface area (Å²) >= 11 is 0. The fraction of sp³-hybridized carbons (Fsp3) is 0.467. The van der Waals surface area contributed by atoms with Crippen LogP contribution in [0.2, 0.25) is 0 Å². The van der Waals surface area contributed by atoms with E-state index >= 15 is 0 Å². The number of benzene rings is 1. The summed E-state index contributed by atoms with van der Waals surface area (Å²) in [5.74, 6) is -1.08. The number of para-hydroxylation sites is 1. The highest BCUT2D eigenvalue weighted by Crippen LogP contribution is 2.15. The van der Waals surface area contributed by atoms with E-state index in [0.717, 1.165) is 12.8 Å². The van der Waals surface area contributed by atoms with Crippen molar-refractivity contribution in [2.75, 3.05) is 31.1 Å². The molecular formula is C15H22N2O4. The van der Waals surface area contributed by atoms with Crippen LogP contribution in [0.4, 0.5) is 10.5 Å². The summed E-state index contributed by atoms with van der Waals surface area (Å²) in [5, 5.41) is 18.1. The third-order valence-electron chi connectivity index (χ3n) is 3.01. The molecule has 2 N–H and O–H groups in total. The van der Waals surface area contributed by atoms with Crippen molar-refractivity contribution in [3.05, 3.63) is 30.3 Å². The lowest BCUT2D eigenvalue weighted by Gasteiger charge is -2.29. The van der Waals surface area contributed by atoms with Gasteiger partial charge in [0.15, 0.2) is 0 Å². The minimum atomic E-state index is -1.08. The second-order valence-electron chi connectivity index (χ2n) is 4.66. The van der Waals surface area contributed by atoms with Gasteiger partial charge in [0.1, 0.15) is 6.54 Å². The summed E-state index contributed by atoms with van der Waals surface area (Å²) in [7, 11) is 0. The Morgan fingerprint density at radius 2 is 1.81 bits per heavy atom. The van der Waals surface area contributed by atoms with E-state index in [9.17, 15) is 9.59 Å². The van der Waals surface area contributed by atoms with Gasteiger partial charge in [0.05, 0.1) is 6.61 Å². The van der Waals surface area contributed by atoms with E-state index in [0.29, 0.717) is 12.2 Å². The number of carboxylic acids is 1. The molecule has 0 atom stereocenters. The molecule has 0 aliphatic rings. The van der Waals surface area contributed by atoms with E-state index in [1.807, 2.05) is 6.92 Å². The first-order chi connectivity index (χ1) is 10.1. The lowest BCUT2D eigenvalue weighted by Crippen LogP contribution is -2.47. The van der Waals surface area contributed by atoms with Gasteiger partial charge >= 0.3 is 12.0 Å². The van der Waals surface area contributed by atoms with E-state index < -0.39 is 18.5 Å². The summed E-state index contributed by atoms with van der Waals surface area (Å²) in [6, 6.07) is 8.29. The van der Waals surface area contributed by atoms with Gasteiger partial charge in [-0.2, -0.15) is 0 Å². The fourth-order valence-electron chi connectivity index (χ4n) is 1.96. The Balaban J connectivity index is 2.94. The number of amides is 2. The van der Waals surface area contributed by atoms with Crippen molar-refractivity contribution in [1.29, 1.82) is 0 Å². The topological polar surface area (TPSA) is 81.1 Å². The molecule has 116 valence electrons. The van der Waals surface area contributed by atoms with Gasteiger partial charge in [0.25, 0.3) is 0 Å². The van der Waals surface area contributed by atoms with Crippen LogP contribution in [0.3, 0.4) is 0 Å². The molecule has 2 amide bonds. The van der Waals surface area contributed by atoms with Crippen LogP contribution in [0.15, 0.2) is 30.3 Å². The fourth-order valence-corrected chi connectivity index (χ4v) is 1.96. The molecule has 0 radical (unpaired) electrons. The molecule has 0 bridgehead atoms. The lowest BCUT2D eigenvalue weighted by atomic mass is 10.2. The van der Waals surface area contributed by atoms with Crippen LogP contribution in [0.1, 0.15) is 19.8 Å². The molecule has 0 aromatic heterocycles. The van der Waals surface area contributed by atoms with Crippen LogP contribution in [0.5, 0.6) is 0 Å². The van der Waals surface area contributed by atoms with Crippen LogP contribution in [0, 0.1) is 0 Å². The summed E-state index contributed by atoms with van der Waals surface area (Å²) in [5.41, 5.74) is 0.532. The zero-order valence-corrected chi connectivity index (χ0v) is 12.2. The van der Waals surface area contributed by atoms with Gasteiger partial charge in [-0.25, -0.2) is 4.79 Å². The van der Waals surface area contributed by atoms with E-state index in [4.69, 9.17) is 10.2 Å². The smallest absolute Gasteiger partial charge is 0.325 e. The summed E-state index contributed by atoms with van der Waals surface area (Å²) in [6.07, 6.45) is 1.72. The van der Waals surface area contributed by atoms with Crippen LogP contribution < -0.4 is 4.90 Å². The van der Waals surface area contributed by atoms with Crippen molar-refractivity contribution in [2.24, 2.45) is 0 Å². The Morgan fingerprint density at radius 1 is 1.14 bits per heavy atom. The second-order valence-corrected chi connectivity index (χ2v) is 4.66. The zero-order valence-electron chi connectivity index (χ0n) is 12.2. The molecule has 1 rings (SSSR count). The summed E-state index contributed by atoms with van der Waals surface area (Å²) in [4.78, 5) is 26.3. The summed E-state index contributed by atoms with van der Waals surface area (Å²) < 4.78 is 0. The van der Waals surface area contributed by atoms with Gasteiger partial charge in [-0.15, -0.1) is 0 Å². The Labute approximate surface area is 124 Å². The van der Waals surface area contributed by atoms with E-state index in [2.05, 4.69) is 0 Å². The number of urea groups is 1. The van der Waals surface area contributed by atoms with Gasteiger partial charge in [-0.3, -0.25) is 9.69 Å². The molecule has 21 heavy (non-hydrogen) atoms. The standard InChI is InChI=1S/C15H22N2O4/c1-2-3-9-16(10-11-18)15(21)17(12-14(19)20)13-7-5-4-6-8-13/h4-8,18H,2-3,9-12H2,1H3,(H,19,20). The van der Waals surface area contributed by atoms with Gasteiger partial charge < -0.3 is 15.1 Å². The number of unbranched alkanes of at least 4 members (excludes halogenated alkanes) is 1. The highest BCUT2D eigenvalue weighted by atomic mass is 16.4. The normalized spacial score (nSPS) is 10.2. The average Bonchev–Trinajstić information content (AvgIpc) is 2.49. The number of aliphatic hydroxyl groups excluding tert-OH is 1. The Morgan fingerprint density at radius 3 is 2.33 bits per heavy atom. The monoisotopic (exact) mass is 294 g/mol. The molecule has 6 heteroatoms. The highest BCUT2D eigenvalue weighted by Gasteiger charge is 2.23. The number of aliphatic carboxylic acids is 1. The van der Waals surface area contributed by atoms with Gasteiger partial charge in [0, 0.05) is 18.8 Å². The number of anilines is 1. The quantitative estimate of drug-likeness (QED) is 0.766. The minimum absolute atomic E-state index is 0.148. The number of hydrogen-bond donors (Lipinski definition) is 2. The maximum Gasteiger partial charge on any atom is 0.325 e.